The summed E-state index contributed by atoms with van der Waals surface area (Å²) < 4.78 is 10.8. The molecule has 2 aromatic heterocycles. The van der Waals surface area contributed by atoms with Crippen molar-refractivity contribution in [2.45, 2.75) is 40.0 Å². The number of anilines is 1. The predicted octanol–water partition coefficient (Wildman–Crippen LogP) is 3.85. The molecule has 3 aromatic rings. The third-order valence-electron chi connectivity index (χ3n) is 6.49. The number of benzene rings is 1. The number of aryl methyl sites for hydroxylation is 4. The maximum absolute atomic E-state index is 13.2. The van der Waals surface area contributed by atoms with Crippen LogP contribution in [0.2, 0.25) is 0 Å². The molecule has 1 aliphatic heterocycles. The molecule has 1 amide bonds. The molecule has 0 atom stereocenters. The van der Waals surface area contributed by atoms with E-state index in [1.807, 2.05) is 13.0 Å². The Morgan fingerprint density at radius 2 is 1.81 bits per heavy atom. The number of fused-ring (bicyclic) bond motifs is 1. The highest BCUT2D eigenvalue weighted by atomic mass is 16.7. The Labute approximate surface area is 182 Å². The van der Waals surface area contributed by atoms with Crippen LogP contribution in [0, 0.1) is 27.7 Å². The summed E-state index contributed by atoms with van der Waals surface area (Å²) in [7, 11) is 3.19. The summed E-state index contributed by atoms with van der Waals surface area (Å²) in [5, 5.41) is 4.48. The van der Waals surface area contributed by atoms with Gasteiger partial charge in [-0.05, 0) is 56.0 Å². The number of ether oxygens (including phenoxy) is 2. The molecule has 1 aromatic carbocycles. The van der Waals surface area contributed by atoms with Crippen LogP contribution >= 0.6 is 0 Å². The number of pyridine rings is 1. The second kappa shape index (κ2) is 7.98. The van der Waals surface area contributed by atoms with Crippen molar-refractivity contribution in [1.29, 1.82) is 0 Å². The molecule has 31 heavy (non-hydrogen) atoms. The van der Waals surface area contributed by atoms with Crippen molar-refractivity contribution in [2.24, 2.45) is 0 Å². The molecular formula is C24H30N4O3. The van der Waals surface area contributed by atoms with Gasteiger partial charge in [-0.3, -0.25) is 4.79 Å². The Hall–Kier alpha value is -2.90. The van der Waals surface area contributed by atoms with Crippen molar-refractivity contribution in [1.82, 2.24) is 14.9 Å². The Morgan fingerprint density at radius 3 is 2.42 bits per heavy atom. The largest absolute Gasteiger partial charge is 0.364 e. The molecule has 0 spiro atoms. The minimum Gasteiger partial charge on any atom is -0.364 e. The molecule has 4 rings (SSSR count). The Kier molecular flexibility index (Phi) is 5.49. The van der Waals surface area contributed by atoms with Crippen LogP contribution in [-0.2, 0) is 16.0 Å². The fraction of sp³-hybridized carbons (Fsp3) is 0.417. The highest BCUT2D eigenvalue weighted by molar-refractivity contribution is 6.01. The third kappa shape index (κ3) is 3.68. The Balaban J connectivity index is 1.67. The first-order chi connectivity index (χ1) is 14.8. The lowest BCUT2D eigenvalue weighted by Crippen LogP contribution is -2.65. The van der Waals surface area contributed by atoms with Gasteiger partial charge in [0.25, 0.3) is 5.91 Å². The number of methoxy groups -OCH3 is 2. The molecule has 0 bridgehead atoms. The zero-order valence-corrected chi connectivity index (χ0v) is 19.0. The zero-order valence-electron chi connectivity index (χ0n) is 19.0. The number of nitrogens with one attached hydrogen (secondary N) is 2. The highest BCUT2D eigenvalue weighted by Crippen LogP contribution is 2.31. The minimum atomic E-state index is -0.718. The average Bonchev–Trinajstić information content (AvgIpc) is 3.01. The number of carbonyl (C=O) groups is 1. The summed E-state index contributed by atoms with van der Waals surface area (Å²) in [5.74, 6) is -0.158. The smallest absolute Gasteiger partial charge is 0.272 e. The van der Waals surface area contributed by atoms with Gasteiger partial charge in [-0.1, -0.05) is 18.2 Å². The second-order valence-corrected chi connectivity index (χ2v) is 8.36. The molecule has 1 fully saturated rings. The lowest BCUT2D eigenvalue weighted by atomic mass is 10.0. The molecule has 2 N–H and O–H groups in total. The summed E-state index contributed by atoms with van der Waals surface area (Å²) in [6.07, 6.45) is 0. The number of carbonyl (C=O) groups excluding carboxylic acids is 1. The van der Waals surface area contributed by atoms with Gasteiger partial charge < -0.3 is 24.7 Å². The lowest BCUT2D eigenvalue weighted by molar-refractivity contribution is -0.264. The van der Waals surface area contributed by atoms with Gasteiger partial charge in [-0.25, -0.2) is 4.98 Å². The molecule has 7 nitrogen and oxygen atoms in total. The molecule has 0 aliphatic carbocycles. The average molecular weight is 423 g/mol. The van der Waals surface area contributed by atoms with E-state index in [0.717, 1.165) is 22.2 Å². The molecule has 164 valence electrons. The molecule has 0 radical (unpaired) electrons. The summed E-state index contributed by atoms with van der Waals surface area (Å²) in [5.41, 5.74) is 7.22. The van der Waals surface area contributed by atoms with Crippen molar-refractivity contribution >= 4 is 22.6 Å². The van der Waals surface area contributed by atoms with Crippen molar-refractivity contribution in [3.63, 3.8) is 0 Å². The fourth-order valence-corrected chi connectivity index (χ4v) is 4.17. The van der Waals surface area contributed by atoms with E-state index in [-0.39, 0.29) is 5.91 Å². The van der Waals surface area contributed by atoms with Gasteiger partial charge in [-0.15, -0.1) is 0 Å². The quantitative estimate of drug-likeness (QED) is 0.590. The summed E-state index contributed by atoms with van der Waals surface area (Å²) in [6.45, 7) is 9.71. The van der Waals surface area contributed by atoms with E-state index in [9.17, 15) is 4.79 Å². The van der Waals surface area contributed by atoms with E-state index in [1.165, 1.54) is 16.7 Å². The number of aromatic nitrogens is 2. The number of aromatic amines is 1. The molecule has 3 heterocycles. The van der Waals surface area contributed by atoms with E-state index < -0.39 is 5.79 Å². The van der Waals surface area contributed by atoms with E-state index in [1.54, 1.807) is 19.1 Å². The van der Waals surface area contributed by atoms with E-state index in [4.69, 9.17) is 14.5 Å². The topological polar surface area (TPSA) is 79.5 Å². The number of hydrogen-bond donors (Lipinski definition) is 2. The lowest BCUT2D eigenvalue weighted by Gasteiger charge is -2.47. The standard InChI is InChI=1S/C24H30N4O3/c1-14-8-7-9-15(2)19(14)11-25-22-21-18(16(3)17(4)26-21)10-20(27-22)23(29)28-12-24(13-28,30-5)31-6/h7-10,26H,11-13H2,1-6H3,(H,25,27). The maximum Gasteiger partial charge on any atom is 0.272 e. The summed E-state index contributed by atoms with van der Waals surface area (Å²) in [6, 6.07) is 8.16. The van der Waals surface area contributed by atoms with Gasteiger partial charge in [0.05, 0.1) is 18.6 Å². The van der Waals surface area contributed by atoms with Crippen LogP contribution in [0.1, 0.15) is 38.4 Å². The predicted molar refractivity (Wildman–Crippen MR) is 121 cm³/mol. The molecule has 0 saturated carbocycles. The molecule has 1 aliphatic rings. The van der Waals surface area contributed by atoms with Crippen LogP contribution in [0.25, 0.3) is 10.9 Å². The minimum absolute atomic E-state index is 0.125. The first-order valence-corrected chi connectivity index (χ1v) is 10.5. The number of nitrogens with zero attached hydrogens (tertiary/aromatic N) is 2. The van der Waals surface area contributed by atoms with Crippen LogP contribution in [0.5, 0.6) is 0 Å². The molecule has 7 heteroatoms. The highest BCUT2D eigenvalue weighted by Gasteiger charge is 2.46. The van der Waals surface area contributed by atoms with Gasteiger partial charge in [-0.2, -0.15) is 0 Å². The van der Waals surface area contributed by atoms with Crippen LogP contribution < -0.4 is 5.32 Å². The number of rotatable bonds is 6. The van der Waals surface area contributed by atoms with Gasteiger partial charge in [0, 0.05) is 31.8 Å². The van der Waals surface area contributed by atoms with Gasteiger partial charge in [0.1, 0.15) is 5.69 Å². The summed E-state index contributed by atoms with van der Waals surface area (Å²) >= 11 is 0. The second-order valence-electron chi connectivity index (χ2n) is 8.36. The molecule has 1 saturated heterocycles. The normalized spacial score (nSPS) is 15.2. The van der Waals surface area contributed by atoms with E-state index in [0.29, 0.717) is 31.1 Å². The summed E-state index contributed by atoms with van der Waals surface area (Å²) in [4.78, 5) is 23.0. The van der Waals surface area contributed by atoms with Gasteiger partial charge >= 0.3 is 0 Å². The van der Waals surface area contributed by atoms with Gasteiger partial charge in [0.15, 0.2) is 5.82 Å². The number of hydrogen-bond acceptors (Lipinski definition) is 5. The monoisotopic (exact) mass is 422 g/mol. The van der Waals surface area contributed by atoms with Crippen molar-refractivity contribution in [2.75, 3.05) is 32.6 Å². The van der Waals surface area contributed by atoms with E-state index >= 15 is 0 Å². The first-order valence-electron chi connectivity index (χ1n) is 10.5. The first kappa shape index (κ1) is 21.3. The third-order valence-corrected chi connectivity index (χ3v) is 6.49. The maximum atomic E-state index is 13.2. The van der Waals surface area contributed by atoms with Crippen LogP contribution in [0.4, 0.5) is 5.82 Å². The van der Waals surface area contributed by atoms with Crippen LogP contribution in [0.3, 0.4) is 0 Å². The molecule has 0 unspecified atom stereocenters. The van der Waals surface area contributed by atoms with E-state index in [2.05, 4.69) is 49.3 Å². The molecular weight excluding hydrogens is 392 g/mol. The fourth-order valence-electron chi connectivity index (χ4n) is 4.17. The van der Waals surface area contributed by atoms with Crippen molar-refractivity contribution in [3.05, 3.63) is 57.9 Å². The van der Waals surface area contributed by atoms with Crippen molar-refractivity contribution < 1.29 is 14.3 Å². The van der Waals surface area contributed by atoms with Crippen molar-refractivity contribution in [3.8, 4) is 0 Å². The van der Waals surface area contributed by atoms with Gasteiger partial charge in [0.2, 0.25) is 5.79 Å². The number of H-pyrrole nitrogens is 1. The Bertz CT molecular complexity index is 1120. The van der Waals surface area contributed by atoms with Crippen LogP contribution in [-0.4, -0.2) is 53.9 Å². The number of amides is 1. The zero-order chi connectivity index (χ0) is 22.3. The Morgan fingerprint density at radius 1 is 1.16 bits per heavy atom. The SMILES string of the molecule is COC1(OC)CN(C(=O)c2cc3c(C)c(C)[nH]c3c(NCc3c(C)cccc3C)n2)C1. The number of likely N-dealkylation sites (tertiary alicyclic amines) is 1. The van der Waals surface area contributed by atoms with Crippen LogP contribution in [0.15, 0.2) is 24.3 Å².